The van der Waals surface area contributed by atoms with Gasteiger partial charge in [0.15, 0.2) is 5.75 Å². The van der Waals surface area contributed by atoms with E-state index in [-0.39, 0.29) is 24.9 Å². The van der Waals surface area contributed by atoms with Crippen LogP contribution in [0.2, 0.25) is 0 Å². The third-order valence-corrected chi connectivity index (χ3v) is 5.81. The van der Waals surface area contributed by atoms with Gasteiger partial charge in [-0.25, -0.2) is 23.7 Å². The fraction of sp³-hybridized carbons (Fsp3) is 0.333. The predicted octanol–water partition coefficient (Wildman–Crippen LogP) is 3.89. The summed E-state index contributed by atoms with van der Waals surface area (Å²) in [6.45, 7) is 3.72. The molecule has 0 unspecified atom stereocenters. The summed E-state index contributed by atoms with van der Waals surface area (Å²) in [5.74, 6) is -0.335. The zero-order valence-corrected chi connectivity index (χ0v) is 18.6. The molecule has 1 aliphatic rings. The van der Waals surface area contributed by atoms with E-state index in [2.05, 4.69) is 20.3 Å². The zero-order valence-electron chi connectivity index (χ0n) is 18.6. The molecule has 9 heteroatoms. The number of pyridine rings is 1. The highest BCUT2D eigenvalue weighted by Crippen LogP contribution is 2.55. The monoisotopic (exact) mass is 454 g/mol. The minimum Gasteiger partial charge on any atom is -0.489 e. The first-order chi connectivity index (χ1) is 15.8. The van der Waals surface area contributed by atoms with E-state index in [0.29, 0.717) is 34.8 Å². The number of amides is 1. The van der Waals surface area contributed by atoms with Gasteiger partial charge in [0.05, 0.1) is 31.5 Å². The summed E-state index contributed by atoms with van der Waals surface area (Å²) in [5.41, 5.74) is 0.886. The van der Waals surface area contributed by atoms with Gasteiger partial charge < -0.3 is 14.8 Å². The number of hydrogen-bond donors (Lipinski definition) is 1. The largest absolute Gasteiger partial charge is 0.489 e. The minimum atomic E-state index is -0.740. The number of halogens is 2. The molecule has 0 spiro atoms. The first-order valence-electron chi connectivity index (χ1n) is 10.5. The molecule has 0 bridgehead atoms. The lowest BCUT2D eigenvalue weighted by atomic mass is 9.93. The number of aromatic nitrogens is 3. The summed E-state index contributed by atoms with van der Waals surface area (Å²) in [6, 6.07) is 7.62. The van der Waals surface area contributed by atoms with Crippen LogP contribution in [0.5, 0.6) is 5.75 Å². The number of nitrogens with one attached hydrogen (secondary N) is 1. The van der Waals surface area contributed by atoms with Crippen LogP contribution in [0.25, 0.3) is 0 Å². The van der Waals surface area contributed by atoms with Crippen LogP contribution in [-0.2, 0) is 21.6 Å². The lowest BCUT2D eigenvalue weighted by molar-refractivity contribution is -0.117. The number of ether oxygens (including phenoxy) is 2. The number of aryl methyl sites for hydroxylation is 2. The summed E-state index contributed by atoms with van der Waals surface area (Å²) >= 11 is 0. The van der Waals surface area contributed by atoms with Crippen LogP contribution in [0.15, 0.2) is 42.7 Å². The maximum atomic E-state index is 14.0. The highest BCUT2D eigenvalue weighted by molar-refractivity contribution is 5.95. The summed E-state index contributed by atoms with van der Waals surface area (Å²) in [5, 5.41) is 2.74. The molecule has 3 aromatic rings. The van der Waals surface area contributed by atoms with Crippen molar-refractivity contribution in [2.45, 2.75) is 32.3 Å². The molecular formula is C24H24F2N4O3. The molecular weight excluding hydrogens is 430 g/mol. The Morgan fingerprint density at radius 1 is 1.21 bits per heavy atom. The molecule has 172 valence electrons. The fourth-order valence-electron chi connectivity index (χ4n) is 3.90. The van der Waals surface area contributed by atoms with Crippen molar-refractivity contribution in [1.29, 1.82) is 0 Å². The average molecular weight is 454 g/mol. The van der Waals surface area contributed by atoms with E-state index in [1.165, 1.54) is 18.2 Å². The van der Waals surface area contributed by atoms with Gasteiger partial charge in [-0.2, -0.15) is 0 Å². The Morgan fingerprint density at radius 3 is 2.76 bits per heavy atom. The molecule has 33 heavy (non-hydrogen) atoms. The van der Waals surface area contributed by atoms with Crippen LogP contribution in [-0.4, -0.2) is 34.6 Å². The van der Waals surface area contributed by atoms with E-state index in [1.54, 1.807) is 39.3 Å². The Labute approximate surface area is 190 Å². The lowest BCUT2D eigenvalue weighted by Gasteiger charge is -2.20. The molecule has 1 aromatic carbocycles. The van der Waals surface area contributed by atoms with Crippen molar-refractivity contribution in [3.8, 4) is 5.75 Å². The lowest BCUT2D eigenvalue weighted by Crippen LogP contribution is -2.27. The number of carbonyl (C=O) groups excluding carboxylic acids is 1. The van der Waals surface area contributed by atoms with E-state index in [9.17, 15) is 13.6 Å². The van der Waals surface area contributed by atoms with Crippen molar-refractivity contribution >= 4 is 11.7 Å². The second-order valence-electron chi connectivity index (χ2n) is 8.18. The van der Waals surface area contributed by atoms with Crippen molar-refractivity contribution in [2.75, 3.05) is 19.0 Å². The number of carbonyl (C=O) groups is 1. The zero-order chi connectivity index (χ0) is 23.6. The van der Waals surface area contributed by atoms with Crippen molar-refractivity contribution in [3.63, 3.8) is 0 Å². The number of rotatable bonds is 8. The van der Waals surface area contributed by atoms with Crippen LogP contribution >= 0.6 is 0 Å². The molecule has 0 radical (unpaired) electrons. The third-order valence-electron chi connectivity index (χ3n) is 5.81. The molecule has 1 aliphatic carbocycles. The highest BCUT2D eigenvalue weighted by Gasteiger charge is 2.60. The fourth-order valence-corrected chi connectivity index (χ4v) is 3.90. The summed E-state index contributed by atoms with van der Waals surface area (Å²) in [4.78, 5) is 25.5. The Hall–Kier alpha value is -3.46. The molecule has 2 heterocycles. The van der Waals surface area contributed by atoms with Crippen LogP contribution < -0.4 is 10.1 Å². The molecule has 0 saturated heterocycles. The average Bonchev–Trinajstić information content (AvgIpc) is 3.52. The van der Waals surface area contributed by atoms with Crippen LogP contribution in [0.1, 0.15) is 29.1 Å². The van der Waals surface area contributed by atoms with Crippen molar-refractivity contribution in [1.82, 2.24) is 15.0 Å². The number of hydrogen-bond acceptors (Lipinski definition) is 6. The molecule has 1 fully saturated rings. The smallest absolute Gasteiger partial charge is 0.229 e. The second-order valence-corrected chi connectivity index (χ2v) is 8.18. The van der Waals surface area contributed by atoms with Gasteiger partial charge in [0, 0.05) is 12.5 Å². The number of anilines is 1. The predicted molar refractivity (Wildman–Crippen MR) is 117 cm³/mol. The third kappa shape index (κ3) is 4.83. The molecule has 2 atom stereocenters. The van der Waals surface area contributed by atoms with E-state index < -0.39 is 23.0 Å². The standard InChI is InChI=1S/C24H24F2N4O3/c1-14-7-22(28-10-19(14)26)30-23(31)18-9-24(18,16-5-4-6-17(25)8-16)13-33-21-11-27-15(2)29-20(21)12-32-3/h4-8,10-11,18H,9,12-13H2,1-3H3,(H,28,30,31)/t18-,24+/m0/s1. The van der Waals surface area contributed by atoms with Crippen molar-refractivity contribution < 1.29 is 23.0 Å². The van der Waals surface area contributed by atoms with E-state index in [4.69, 9.17) is 9.47 Å². The SMILES string of the molecule is COCc1nc(C)ncc1OC[C@@]1(c2cccc(F)c2)C[C@H]1C(=O)Nc1cc(C)c(F)cn1. The second kappa shape index (κ2) is 9.19. The van der Waals surface area contributed by atoms with Crippen LogP contribution in [0.4, 0.5) is 14.6 Å². The summed E-state index contributed by atoms with van der Waals surface area (Å²) < 4.78 is 38.8. The van der Waals surface area contributed by atoms with Gasteiger partial charge >= 0.3 is 0 Å². The van der Waals surface area contributed by atoms with Gasteiger partial charge in [-0.05, 0) is 49.6 Å². The van der Waals surface area contributed by atoms with Crippen LogP contribution in [0, 0.1) is 31.4 Å². The van der Waals surface area contributed by atoms with E-state index in [0.717, 1.165) is 6.20 Å². The summed E-state index contributed by atoms with van der Waals surface area (Å²) in [7, 11) is 1.56. The first kappa shape index (κ1) is 22.7. The van der Waals surface area contributed by atoms with Gasteiger partial charge in [-0.3, -0.25) is 4.79 Å². The molecule has 4 rings (SSSR count). The Kier molecular flexibility index (Phi) is 6.33. The van der Waals surface area contributed by atoms with Crippen molar-refractivity contribution in [3.05, 3.63) is 77.0 Å². The molecule has 2 aromatic heterocycles. The Morgan fingerprint density at radius 2 is 2.03 bits per heavy atom. The summed E-state index contributed by atoms with van der Waals surface area (Å²) in [6.07, 6.45) is 3.09. The van der Waals surface area contributed by atoms with E-state index in [1.807, 2.05) is 0 Å². The van der Waals surface area contributed by atoms with Crippen LogP contribution in [0.3, 0.4) is 0 Å². The molecule has 7 nitrogen and oxygen atoms in total. The molecule has 1 N–H and O–H groups in total. The Bertz CT molecular complexity index is 1190. The number of benzene rings is 1. The quantitative estimate of drug-likeness (QED) is 0.556. The van der Waals surface area contributed by atoms with Gasteiger partial charge in [0.1, 0.15) is 29.0 Å². The number of nitrogens with zero attached hydrogens (tertiary/aromatic N) is 3. The van der Waals surface area contributed by atoms with Gasteiger partial charge in [0.2, 0.25) is 5.91 Å². The highest BCUT2D eigenvalue weighted by atomic mass is 19.1. The van der Waals surface area contributed by atoms with Gasteiger partial charge in [-0.15, -0.1) is 0 Å². The normalized spacial score (nSPS) is 19.2. The number of methoxy groups -OCH3 is 1. The molecule has 1 saturated carbocycles. The topological polar surface area (TPSA) is 86.2 Å². The minimum absolute atomic E-state index is 0.119. The molecule has 0 aliphatic heterocycles. The van der Waals surface area contributed by atoms with E-state index >= 15 is 0 Å². The molecule has 1 amide bonds. The Balaban J connectivity index is 1.58. The van der Waals surface area contributed by atoms with Gasteiger partial charge in [0.25, 0.3) is 0 Å². The van der Waals surface area contributed by atoms with Crippen molar-refractivity contribution in [2.24, 2.45) is 5.92 Å². The maximum absolute atomic E-state index is 14.0. The first-order valence-corrected chi connectivity index (χ1v) is 10.5. The maximum Gasteiger partial charge on any atom is 0.229 e. The van der Waals surface area contributed by atoms with Gasteiger partial charge in [-0.1, -0.05) is 12.1 Å².